The van der Waals surface area contributed by atoms with Crippen LogP contribution in [0.25, 0.3) is 0 Å². The van der Waals surface area contributed by atoms with Crippen LogP contribution in [-0.4, -0.2) is 17.1 Å². The van der Waals surface area contributed by atoms with Gasteiger partial charge in [0.1, 0.15) is 5.76 Å². The SMILES string of the molecule is CCCCCCC(C)N(C(=O)CCC1=CC(C(C)(C)C)=C(O)C(C(C)(C)C)C1C)c1ccc(Nc2ccccc2)cc1. The molecule has 0 heterocycles. The Kier molecular flexibility index (Phi) is 11.5. The van der Waals surface area contributed by atoms with Crippen molar-refractivity contribution in [3.63, 3.8) is 0 Å². The summed E-state index contributed by atoms with van der Waals surface area (Å²) in [5.41, 5.74) is 5.02. The Morgan fingerprint density at radius 3 is 2.12 bits per heavy atom. The number of nitrogens with one attached hydrogen (secondary N) is 1. The molecule has 3 rings (SSSR count). The van der Waals surface area contributed by atoms with Crippen LogP contribution in [-0.2, 0) is 4.79 Å². The van der Waals surface area contributed by atoms with Gasteiger partial charge in [0.05, 0.1) is 0 Å². The maximum Gasteiger partial charge on any atom is 0.227 e. The van der Waals surface area contributed by atoms with Crippen LogP contribution in [0.5, 0.6) is 0 Å². The van der Waals surface area contributed by atoms with Crippen molar-refractivity contribution in [2.45, 2.75) is 113 Å². The Morgan fingerprint density at radius 2 is 1.55 bits per heavy atom. The lowest BCUT2D eigenvalue weighted by Crippen LogP contribution is -2.39. The van der Waals surface area contributed by atoms with E-state index in [1.54, 1.807) is 0 Å². The molecule has 0 spiro atoms. The fraction of sp³-hybridized carbons (Fsp3) is 0.553. The van der Waals surface area contributed by atoms with Gasteiger partial charge in [-0.25, -0.2) is 0 Å². The highest BCUT2D eigenvalue weighted by molar-refractivity contribution is 5.94. The Morgan fingerprint density at radius 1 is 0.929 bits per heavy atom. The standard InChI is InChI=1S/C38H56N2O2/c1-10-11-12-14-17-27(2)40(32-23-21-31(22-24-32)39-30-18-15-13-16-19-30)34(41)25-20-29-26-33(37(4,5)6)36(42)35(28(29)3)38(7,8)9/h13,15-16,18-19,21-24,26-28,35,39,42H,10-12,14,17,20,25H2,1-9H3. The van der Waals surface area contributed by atoms with E-state index in [2.05, 4.69) is 98.0 Å². The lowest BCUT2D eigenvalue weighted by molar-refractivity contribution is -0.119. The smallest absolute Gasteiger partial charge is 0.227 e. The Balaban J connectivity index is 1.84. The fourth-order valence-corrected chi connectivity index (χ4v) is 6.48. The third kappa shape index (κ3) is 8.75. The van der Waals surface area contributed by atoms with E-state index in [-0.39, 0.29) is 34.6 Å². The van der Waals surface area contributed by atoms with E-state index in [9.17, 15) is 9.90 Å². The summed E-state index contributed by atoms with van der Waals surface area (Å²) in [7, 11) is 0. The first-order chi connectivity index (χ1) is 19.7. The van der Waals surface area contributed by atoms with Crippen LogP contribution in [0.4, 0.5) is 17.1 Å². The summed E-state index contributed by atoms with van der Waals surface area (Å²) in [5, 5.41) is 14.8. The Bertz CT molecular complexity index is 1210. The van der Waals surface area contributed by atoms with E-state index in [4.69, 9.17) is 0 Å². The van der Waals surface area contributed by atoms with Gasteiger partial charge in [0, 0.05) is 35.4 Å². The zero-order chi connectivity index (χ0) is 31.1. The number of anilines is 3. The predicted octanol–water partition coefficient (Wildman–Crippen LogP) is 11.0. The van der Waals surface area contributed by atoms with Crippen LogP contribution in [0.1, 0.15) is 107 Å². The van der Waals surface area contributed by atoms with Gasteiger partial charge < -0.3 is 15.3 Å². The molecule has 1 amide bonds. The molecule has 0 aromatic heterocycles. The number of hydrogen-bond acceptors (Lipinski definition) is 3. The predicted molar refractivity (Wildman–Crippen MR) is 180 cm³/mol. The summed E-state index contributed by atoms with van der Waals surface area (Å²) in [6.45, 7) is 19.7. The number of aliphatic hydroxyl groups excluding tert-OH is 1. The fourth-order valence-electron chi connectivity index (χ4n) is 6.48. The van der Waals surface area contributed by atoms with Crippen molar-refractivity contribution in [2.75, 3.05) is 10.2 Å². The number of carbonyl (C=O) groups is 1. The second-order valence-corrected chi connectivity index (χ2v) is 14.4. The molecule has 42 heavy (non-hydrogen) atoms. The Hall–Kier alpha value is -3.01. The molecule has 4 heteroatoms. The van der Waals surface area contributed by atoms with E-state index >= 15 is 0 Å². The van der Waals surface area contributed by atoms with E-state index < -0.39 is 0 Å². The van der Waals surface area contributed by atoms with Crippen LogP contribution in [0, 0.1) is 22.7 Å². The minimum Gasteiger partial charge on any atom is -0.512 e. The second-order valence-electron chi connectivity index (χ2n) is 14.4. The number of para-hydroxylation sites is 1. The van der Waals surface area contributed by atoms with E-state index in [0.717, 1.165) is 35.5 Å². The van der Waals surface area contributed by atoms with E-state index in [1.165, 1.54) is 24.8 Å². The van der Waals surface area contributed by atoms with Crippen molar-refractivity contribution in [1.82, 2.24) is 0 Å². The normalized spacial score (nSPS) is 18.5. The molecule has 3 atom stereocenters. The molecule has 0 saturated heterocycles. The zero-order valence-corrected chi connectivity index (χ0v) is 27.8. The monoisotopic (exact) mass is 572 g/mol. The second kappa shape index (κ2) is 14.4. The average molecular weight is 573 g/mol. The lowest BCUT2D eigenvalue weighted by Gasteiger charge is -2.42. The van der Waals surface area contributed by atoms with Crippen molar-refractivity contribution < 1.29 is 9.90 Å². The maximum atomic E-state index is 14.0. The molecule has 3 unspecified atom stereocenters. The number of rotatable bonds is 12. The number of amides is 1. The topological polar surface area (TPSA) is 52.6 Å². The minimum atomic E-state index is -0.169. The first-order valence-corrected chi connectivity index (χ1v) is 16.1. The molecule has 0 aliphatic heterocycles. The number of aliphatic hydroxyl groups is 1. The molecule has 0 bridgehead atoms. The summed E-state index contributed by atoms with van der Waals surface area (Å²) in [5.74, 6) is 0.884. The molecular weight excluding hydrogens is 516 g/mol. The minimum absolute atomic E-state index is 0.0279. The van der Waals surface area contributed by atoms with Gasteiger partial charge >= 0.3 is 0 Å². The molecule has 4 nitrogen and oxygen atoms in total. The van der Waals surface area contributed by atoms with Crippen molar-refractivity contribution >= 4 is 23.0 Å². The molecule has 0 fully saturated rings. The number of nitrogens with zero attached hydrogens (tertiary/aromatic N) is 1. The number of benzene rings is 2. The van der Waals surface area contributed by atoms with Crippen molar-refractivity contribution in [3.05, 3.63) is 77.6 Å². The van der Waals surface area contributed by atoms with Crippen LogP contribution in [0.2, 0.25) is 0 Å². The summed E-state index contributed by atoms with van der Waals surface area (Å²) in [6, 6.07) is 18.5. The molecule has 2 N–H and O–H groups in total. The number of unbranched alkanes of at least 4 members (excludes halogenated alkanes) is 3. The van der Waals surface area contributed by atoms with Crippen molar-refractivity contribution in [1.29, 1.82) is 0 Å². The van der Waals surface area contributed by atoms with Crippen LogP contribution < -0.4 is 10.2 Å². The first-order valence-electron chi connectivity index (χ1n) is 16.1. The molecule has 2 aromatic carbocycles. The van der Waals surface area contributed by atoms with Crippen LogP contribution in [0.3, 0.4) is 0 Å². The molecular formula is C38H56N2O2. The third-order valence-electron chi connectivity index (χ3n) is 8.75. The van der Waals surface area contributed by atoms with Gasteiger partial charge in [0.15, 0.2) is 0 Å². The lowest BCUT2D eigenvalue weighted by atomic mass is 9.64. The molecule has 230 valence electrons. The maximum absolute atomic E-state index is 14.0. The quantitative estimate of drug-likeness (QED) is 0.249. The highest BCUT2D eigenvalue weighted by Gasteiger charge is 2.40. The summed E-state index contributed by atoms with van der Waals surface area (Å²) in [6.07, 6.45) is 9.10. The Labute approximate surface area is 256 Å². The largest absolute Gasteiger partial charge is 0.512 e. The zero-order valence-electron chi connectivity index (χ0n) is 27.8. The number of allylic oxidation sites excluding steroid dienone is 4. The van der Waals surface area contributed by atoms with E-state index in [0.29, 0.717) is 18.6 Å². The molecule has 1 aliphatic rings. The highest BCUT2D eigenvalue weighted by atomic mass is 16.3. The molecule has 0 saturated carbocycles. The van der Waals surface area contributed by atoms with Gasteiger partial charge in [-0.05, 0) is 78.5 Å². The van der Waals surface area contributed by atoms with Gasteiger partial charge in [-0.2, -0.15) is 0 Å². The van der Waals surface area contributed by atoms with Gasteiger partial charge in [-0.3, -0.25) is 4.79 Å². The van der Waals surface area contributed by atoms with Gasteiger partial charge in [-0.15, -0.1) is 0 Å². The summed E-state index contributed by atoms with van der Waals surface area (Å²) >= 11 is 0. The van der Waals surface area contributed by atoms with Gasteiger partial charge in [0.2, 0.25) is 5.91 Å². The average Bonchev–Trinajstić information content (AvgIpc) is 2.91. The van der Waals surface area contributed by atoms with E-state index in [1.807, 2.05) is 35.2 Å². The third-order valence-corrected chi connectivity index (χ3v) is 8.75. The first kappa shape index (κ1) is 33.5. The summed E-state index contributed by atoms with van der Waals surface area (Å²) < 4.78 is 0. The van der Waals surface area contributed by atoms with Crippen LogP contribution >= 0.6 is 0 Å². The van der Waals surface area contributed by atoms with Crippen molar-refractivity contribution in [2.24, 2.45) is 22.7 Å². The number of carbonyl (C=O) groups excluding carboxylic acids is 1. The van der Waals surface area contributed by atoms with Crippen molar-refractivity contribution in [3.8, 4) is 0 Å². The van der Waals surface area contributed by atoms with Crippen LogP contribution in [0.15, 0.2) is 77.6 Å². The molecule has 2 aromatic rings. The highest BCUT2D eigenvalue weighted by Crippen LogP contribution is 2.48. The number of hydrogen-bond donors (Lipinski definition) is 2. The summed E-state index contributed by atoms with van der Waals surface area (Å²) in [4.78, 5) is 16.1. The van der Waals surface area contributed by atoms with Gasteiger partial charge in [-0.1, -0.05) is 111 Å². The molecule has 0 radical (unpaired) electrons. The van der Waals surface area contributed by atoms with Gasteiger partial charge in [0.25, 0.3) is 0 Å². The molecule has 1 aliphatic carbocycles.